The van der Waals surface area contributed by atoms with Crippen LogP contribution in [-0.4, -0.2) is 29.9 Å². The Morgan fingerprint density at radius 2 is 2.22 bits per heavy atom. The average molecular weight is 270 g/mol. The number of hydrogen-bond acceptors (Lipinski definition) is 5. The minimum atomic E-state index is -0.277. The van der Waals surface area contributed by atoms with Crippen molar-refractivity contribution < 1.29 is 9.59 Å². The summed E-state index contributed by atoms with van der Waals surface area (Å²) in [6.45, 7) is 4.72. The quantitative estimate of drug-likeness (QED) is 0.712. The third kappa shape index (κ3) is 4.80. The van der Waals surface area contributed by atoms with Gasteiger partial charge in [-0.1, -0.05) is 13.8 Å². The molecule has 7 heteroatoms. The molecule has 4 N–H and O–H groups in total. The molecule has 100 valence electrons. The number of nitrogens with two attached hydrogens (primary N) is 1. The van der Waals surface area contributed by atoms with Crippen LogP contribution >= 0.6 is 11.3 Å². The second-order valence-electron chi connectivity index (χ2n) is 4.23. The summed E-state index contributed by atoms with van der Waals surface area (Å²) in [7, 11) is 0. The number of carbonyl (C=O) groups excluding carboxylic acids is 2. The number of hydrogen-bond donors (Lipinski definition) is 3. The van der Waals surface area contributed by atoms with Gasteiger partial charge in [0.2, 0.25) is 5.91 Å². The molecule has 1 rings (SSSR count). The van der Waals surface area contributed by atoms with Gasteiger partial charge in [-0.2, -0.15) is 0 Å². The number of aromatic nitrogens is 1. The molecule has 0 aliphatic heterocycles. The summed E-state index contributed by atoms with van der Waals surface area (Å²) in [5.74, 6) is -0.0772. The standard InChI is InChI=1S/C11H18N4O2S/c1-7(2)5-9(16)15-11-14-8(6-18-11)10(17)13-4-3-12/h6-7H,3-5,12H2,1-2H3,(H,13,17)(H,14,15,16). The molecule has 0 saturated heterocycles. The van der Waals surface area contributed by atoms with Crippen LogP contribution in [0.3, 0.4) is 0 Å². The smallest absolute Gasteiger partial charge is 0.270 e. The zero-order chi connectivity index (χ0) is 13.5. The van der Waals surface area contributed by atoms with Crippen LogP contribution in [0.5, 0.6) is 0 Å². The fraction of sp³-hybridized carbons (Fsp3) is 0.545. The molecular weight excluding hydrogens is 252 g/mol. The summed E-state index contributed by atoms with van der Waals surface area (Å²) < 4.78 is 0. The molecule has 0 saturated carbocycles. The number of nitrogens with one attached hydrogen (secondary N) is 2. The van der Waals surface area contributed by atoms with Crippen LogP contribution in [-0.2, 0) is 4.79 Å². The van der Waals surface area contributed by atoms with E-state index in [-0.39, 0.29) is 17.7 Å². The minimum absolute atomic E-state index is 0.0896. The lowest BCUT2D eigenvalue weighted by Gasteiger charge is -2.03. The van der Waals surface area contributed by atoms with Crippen molar-refractivity contribution >= 4 is 28.3 Å². The van der Waals surface area contributed by atoms with E-state index in [4.69, 9.17) is 5.73 Å². The summed E-state index contributed by atoms with van der Waals surface area (Å²) in [6, 6.07) is 0. The Morgan fingerprint density at radius 3 is 2.83 bits per heavy atom. The molecule has 6 nitrogen and oxygen atoms in total. The van der Waals surface area contributed by atoms with Crippen LogP contribution in [0.15, 0.2) is 5.38 Å². The van der Waals surface area contributed by atoms with Gasteiger partial charge in [-0.05, 0) is 5.92 Å². The van der Waals surface area contributed by atoms with Crippen LogP contribution in [0.4, 0.5) is 5.13 Å². The van der Waals surface area contributed by atoms with Crippen molar-refractivity contribution in [2.75, 3.05) is 18.4 Å². The number of carbonyl (C=O) groups is 2. The lowest BCUT2D eigenvalue weighted by molar-refractivity contribution is -0.116. The highest BCUT2D eigenvalue weighted by molar-refractivity contribution is 7.14. The second kappa shape index (κ2) is 7.07. The molecule has 0 atom stereocenters. The largest absolute Gasteiger partial charge is 0.349 e. The molecule has 1 heterocycles. The summed E-state index contributed by atoms with van der Waals surface area (Å²) in [5, 5.41) is 7.33. The first kappa shape index (κ1) is 14.6. The van der Waals surface area contributed by atoms with Crippen molar-refractivity contribution in [3.63, 3.8) is 0 Å². The van der Waals surface area contributed by atoms with Gasteiger partial charge in [-0.25, -0.2) is 4.98 Å². The molecule has 18 heavy (non-hydrogen) atoms. The Bertz CT molecular complexity index is 417. The Morgan fingerprint density at radius 1 is 1.50 bits per heavy atom. The first-order valence-electron chi connectivity index (χ1n) is 5.76. The van der Waals surface area contributed by atoms with Gasteiger partial charge in [0.05, 0.1) is 0 Å². The first-order valence-corrected chi connectivity index (χ1v) is 6.64. The predicted molar refractivity (Wildman–Crippen MR) is 71.6 cm³/mol. The van der Waals surface area contributed by atoms with Gasteiger partial charge in [0.15, 0.2) is 5.13 Å². The van der Waals surface area contributed by atoms with Crippen molar-refractivity contribution in [2.45, 2.75) is 20.3 Å². The third-order valence-corrected chi connectivity index (χ3v) is 2.76. The molecule has 0 aliphatic rings. The van der Waals surface area contributed by atoms with E-state index in [0.29, 0.717) is 30.3 Å². The summed E-state index contributed by atoms with van der Waals surface area (Å²) in [4.78, 5) is 27.1. The van der Waals surface area contributed by atoms with Gasteiger partial charge in [0, 0.05) is 24.9 Å². The minimum Gasteiger partial charge on any atom is -0.349 e. The number of anilines is 1. The SMILES string of the molecule is CC(C)CC(=O)Nc1nc(C(=O)NCCN)cs1. The maximum atomic E-state index is 11.5. The molecule has 1 aromatic heterocycles. The van der Waals surface area contributed by atoms with Gasteiger partial charge in [0.25, 0.3) is 5.91 Å². The predicted octanol–water partition coefficient (Wildman–Crippen LogP) is 0.816. The molecule has 0 aliphatic carbocycles. The topological polar surface area (TPSA) is 97.1 Å². The molecule has 0 spiro atoms. The van der Waals surface area contributed by atoms with Crippen molar-refractivity contribution in [2.24, 2.45) is 11.7 Å². The van der Waals surface area contributed by atoms with Gasteiger partial charge >= 0.3 is 0 Å². The number of nitrogens with zero attached hydrogens (tertiary/aromatic N) is 1. The first-order chi connectivity index (χ1) is 8.52. The van der Waals surface area contributed by atoms with Gasteiger partial charge < -0.3 is 16.4 Å². The van der Waals surface area contributed by atoms with E-state index in [2.05, 4.69) is 15.6 Å². The van der Waals surface area contributed by atoms with Crippen LogP contribution in [0.25, 0.3) is 0 Å². The van der Waals surface area contributed by atoms with E-state index in [0.717, 1.165) is 0 Å². The number of amides is 2. The third-order valence-electron chi connectivity index (χ3n) is 2.01. The van der Waals surface area contributed by atoms with E-state index in [1.165, 1.54) is 11.3 Å². The summed E-state index contributed by atoms with van der Waals surface area (Å²) >= 11 is 1.23. The molecule has 0 fully saturated rings. The summed E-state index contributed by atoms with van der Waals surface area (Å²) in [6.07, 6.45) is 0.439. The van der Waals surface area contributed by atoms with Crippen molar-refractivity contribution in [3.05, 3.63) is 11.1 Å². The van der Waals surface area contributed by atoms with Crippen LogP contribution in [0, 0.1) is 5.92 Å². The van der Waals surface area contributed by atoms with Crippen molar-refractivity contribution in [1.29, 1.82) is 0 Å². The van der Waals surface area contributed by atoms with Crippen LogP contribution in [0.2, 0.25) is 0 Å². The number of thiazole rings is 1. The van der Waals surface area contributed by atoms with Crippen molar-refractivity contribution in [1.82, 2.24) is 10.3 Å². The molecule has 0 unspecified atom stereocenters. The second-order valence-corrected chi connectivity index (χ2v) is 5.09. The maximum absolute atomic E-state index is 11.5. The molecular formula is C11H18N4O2S. The highest BCUT2D eigenvalue weighted by Crippen LogP contribution is 2.16. The fourth-order valence-electron chi connectivity index (χ4n) is 1.25. The van der Waals surface area contributed by atoms with Gasteiger partial charge in [0.1, 0.15) is 5.69 Å². The summed E-state index contributed by atoms with van der Waals surface area (Å²) in [5.41, 5.74) is 5.58. The highest BCUT2D eigenvalue weighted by atomic mass is 32.1. The maximum Gasteiger partial charge on any atom is 0.270 e. The molecule has 0 radical (unpaired) electrons. The zero-order valence-electron chi connectivity index (χ0n) is 10.5. The molecule has 0 bridgehead atoms. The van der Waals surface area contributed by atoms with Gasteiger partial charge in [-0.3, -0.25) is 9.59 Å². The van der Waals surface area contributed by atoms with E-state index < -0.39 is 0 Å². The van der Waals surface area contributed by atoms with Gasteiger partial charge in [-0.15, -0.1) is 11.3 Å². The average Bonchev–Trinajstić information content (AvgIpc) is 2.73. The van der Waals surface area contributed by atoms with E-state index in [1.54, 1.807) is 5.38 Å². The van der Waals surface area contributed by atoms with Crippen LogP contribution in [0.1, 0.15) is 30.8 Å². The Balaban J connectivity index is 2.52. The fourth-order valence-corrected chi connectivity index (χ4v) is 1.96. The monoisotopic (exact) mass is 270 g/mol. The molecule has 1 aromatic rings. The Kier molecular flexibility index (Phi) is 5.73. The Labute approximate surface area is 110 Å². The lowest BCUT2D eigenvalue weighted by Crippen LogP contribution is -2.29. The van der Waals surface area contributed by atoms with Crippen molar-refractivity contribution in [3.8, 4) is 0 Å². The number of rotatable bonds is 6. The van der Waals surface area contributed by atoms with E-state index in [1.807, 2.05) is 13.8 Å². The normalized spacial score (nSPS) is 10.4. The Hall–Kier alpha value is -1.47. The lowest BCUT2D eigenvalue weighted by atomic mass is 10.1. The van der Waals surface area contributed by atoms with E-state index in [9.17, 15) is 9.59 Å². The highest BCUT2D eigenvalue weighted by Gasteiger charge is 2.12. The molecule has 2 amide bonds. The zero-order valence-corrected chi connectivity index (χ0v) is 11.3. The van der Waals surface area contributed by atoms with E-state index >= 15 is 0 Å². The van der Waals surface area contributed by atoms with Crippen LogP contribution < -0.4 is 16.4 Å². The molecule has 0 aromatic carbocycles.